The molecule has 0 saturated heterocycles. The normalized spacial score (nSPS) is 11.0. The number of aryl methyl sites for hydroxylation is 1. The van der Waals surface area contributed by atoms with Gasteiger partial charge in [-0.1, -0.05) is 66.5 Å². The number of rotatable bonds is 4. The molecule has 0 aliphatic carbocycles. The molecule has 0 N–H and O–H groups in total. The van der Waals surface area contributed by atoms with Crippen LogP contribution in [0.2, 0.25) is 0 Å². The van der Waals surface area contributed by atoms with Gasteiger partial charge in [0.15, 0.2) is 17.5 Å². The van der Waals surface area contributed by atoms with E-state index in [1.165, 1.54) is 11.6 Å². The minimum absolute atomic E-state index is 0.0339. The van der Waals surface area contributed by atoms with E-state index >= 15 is 0 Å². The summed E-state index contributed by atoms with van der Waals surface area (Å²) < 4.78 is 40.8. The van der Waals surface area contributed by atoms with E-state index in [0.29, 0.717) is 5.56 Å². The zero-order valence-electron chi connectivity index (χ0n) is 17.6. The summed E-state index contributed by atoms with van der Waals surface area (Å²) in [6.45, 7) is 2.03. The summed E-state index contributed by atoms with van der Waals surface area (Å²) in [6.07, 6.45) is 6.31. The highest BCUT2D eigenvalue weighted by Crippen LogP contribution is 2.24. The first-order valence-corrected chi connectivity index (χ1v) is 10.4. The van der Waals surface area contributed by atoms with Crippen LogP contribution in [0, 0.1) is 29.3 Å². The molecule has 0 unspecified atom stereocenters. The summed E-state index contributed by atoms with van der Waals surface area (Å²) in [5.41, 5.74) is 4.99. The molecule has 0 atom stereocenters. The molecule has 0 aliphatic heterocycles. The summed E-state index contributed by atoms with van der Waals surface area (Å²) >= 11 is 0. The first kappa shape index (κ1) is 21.5. The minimum Gasteiger partial charge on any atom is -0.204 e. The average molecular weight is 426 g/mol. The molecule has 4 aromatic rings. The SMILES string of the molecule is C/C=C/CCc1ccc(-c2ccc(C#Cc3ccc4c(F)c(F)c(F)cc4c3)cc2)cc1. The lowest BCUT2D eigenvalue weighted by molar-refractivity contribution is 0.453. The molecule has 4 rings (SSSR count). The van der Waals surface area contributed by atoms with Crippen molar-refractivity contribution in [3.8, 4) is 23.0 Å². The predicted octanol–water partition coefficient (Wildman–Crippen LogP) is 7.83. The molecular formula is C29H21F3. The zero-order valence-corrected chi connectivity index (χ0v) is 17.6. The van der Waals surface area contributed by atoms with Crippen LogP contribution in [-0.2, 0) is 6.42 Å². The Labute approximate surface area is 186 Å². The molecule has 0 radical (unpaired) electrons. The Hall–Kier alpha value is -3.77. The monoisotopic (exact) mass is 426 g/mol. The molecule has 0 heterocycles. The standard InChI is InChI=1S/C29H21F3/c1-2-3-4-5-20-8-13-23(14-9-20)24-15-10-21(11-16-24)6-7-22-12-17-26-25(18-22)19-27(30)29(32)28(26)31/h2-3,8-19H,4-5H2,1H3/b3-2+. The van der Waals surface area contributed by atoms with E-state index in [2.05, 4.69) is 48.3 Å². The Morgan fingerprint density at radius 3 is 2.03 bits per heavy atom. The number of fused-ring (bicyclic) bond motifs is 1. The van der Waals surface area contributed by atoms with E-state index in [9.17, 15) is 13.2 Å². The second-order valence-electron chi connectivity index (χ2n) is 7.55. The van der Waals surface area contributed by atoms with Crippen LogP contribution in [0.3, 0.4) is 0 Å². The third-order valence-electron chi connectivity index (χ3n) is 5.33. The molecule has 0 fully saturated rings. The lowest BCUT2D eigenvalue weighted by Crippen LogP contribution is -1.92. The van der Waals surface area contributed by atoms with Crippen LogP contribution in [0.1, 0.15) is 30.0 Å². The number of hydrogen-bond acceptors (Lipinski definition) is 0. The summed E-state index contributed by atoms with van der Waals surface area (Å²) in [7, 11) is 0. The van der Waals surface area contributed by atoms with E-state index in [1.54, 1.807) is 12.1 Å². The van der Waals surface area contributed by atoms with Crippen molar-refractivity contribution in [3.63, 3.8) is 0 Å². The maximum Gasteiger partial charge on any atom is 0.195 e. The molecule has 0 spiro atoms. The van der Waals surface area contributed by atoms with Crippen molar-refractivity contribution in [2.75, 3.05) is 0 Å². The van der Waals surface area contributed by atoms with Crippen LogP contribution in [0.4, 0.5) is 13.2 Å². The van der Waals surface area contributed by atoms with Crippen LogP contribution in [0.5, 0.6) is 0 Å². The fourth-order valence-electron chi connectivity index (χ4n) is 3.55. The van der Waals surface area contributed by atoms with Gasteiger partial charge in [0, 0.05) is 16.5 Å². The van der Waals surface area contributed by atoms with Crippen molar-refractivity contribution in [2.24, 2.45) is 0 Å². The van der Waals surface area contributed by atoms with Crippen LogP contribution in [0.15, 0.2) is 84.9 Å². The molecule has 32 heavy (non-hydrogen) atoms. The first-order chi connectivity index (χ1) is 15.5. The number of hydrogen-bond donors (Lipinski definition) is 0. The highest BCUT2D eigenvalue weighted by Gasteiger charge is 2.13. The Morgan fingerprint density at radius 2 is 1.34 bits per heavy atom. The summed E-state index contributed by atoms with van der Waals surface area (Å²) in [5, 5.41) is 0.310. The largest absolute Gasteiger partial charge is 0.204 e. The highest BCUT2D eigenvalue weighted by molar-refractivity contribution is 5.84. The Morgan fingerprint density at radius 1 is 0.719 bits per heavy atom. The van der Waals surface area contributed by atoms with E-state index in [-0.39, 0.29) is 10.8 Å². The van der Waals surface area contributed by atoms with Gasteiger partial charge in [-0.25, -0.2) is 13.2 Å². The molecular weight excluding hydrogens is 405 g/mol. The Balaban J connectivity index is 1.50. The van der Waals surface area contributed by atoms with Crippen molar-refractivity contribution >= 4 is 10.8 Å². The van der Waals surface area contributed by atoms with Crippen LogP contribution >= 0.6 is 0 Å². The van der Waals surface area contributed by atoms with Gasteiger partial charge in [-0.3, -0.25) is 0 Å². The second kappa shape index (κ2) is 9.58. The topological polar surface area (TPSA) is 0 Å². The van der Waals surface area contributed by atoms with Crippen LogP contribution in [0.25, 0.3) is 21.9 Å². The van der Waals surface area contributed by atoms with Gasteiger partial charge >= 0.3 is 0 Å². The highest BCUT2D eigenvalue weighted by atomic mass is 19.2. The van der Waals surface area contributed by atoms with E-state index in [1.807, 2.05) is 31.2 Å². The van der Waals surface area contributed by atoms with Gasteiger partial charge in [0.25, 0.3) is 0 Å². The van der Waals surface area contributed by atoms with Crippen LogP contribution < -0.4 is 0 Å². The lowest BCUT2D eigenvalue weighted by Gasteiger charge is -2.04. The minimum atomic E-state index is -1.46. The first-order valence-electron chi connectivity index (χ1n) is 10.4. The Kier molecular flexibility index (Phi) is 6.42. The third-order valence-corrected chi connectivity index (χ3v) is 5.33. The number of benzene rings is 4. The van der Waals surface area contributed by atoms with E-state index in [4.69, 9.17) is 0 Å². The van der Waals surface area contributed by atoms with Crippen molar-refractivity contribution in [1.29, 1.82) is 0 Å². The lowest BCUT2D eigenvalue weighted by atomic mass is 10.0. The van der Waals surface area contributed by atoms with Crippen molar-refractivity contribution in [1.82, 2.24) is 0 Å². The smallest absolute Gasteiger partial charge is 0.195 e. The third kappa shape index (κ3) is 4.76. The molecule has 0 amide bonds. The second-order valence-corrected chi connectivity index (χ2v) is 7.55. The zero-order chi connectivity index (χ0) is 22.5. The number of halogens is 3. The van der Waals surface area contributed by atoms with Gasteiger partial charge < -0.3 is 0 Å². The number of allylic oxidation sites excluding steroid dienone is 2. The molecule has 3 heteroatoms. The quantitative estimate of drug-likeness (QED) is 0.177. The van der Waals surface area contributed by atoms with Gasteiger partial charge in [0.1, 0.15) is 0 Å². The molecule has 0 aliphatic rings. The Bertz CT molecular complexity index is 1340. The molecule has 0 aromatic heterocycles. The van der Waals surface area contributed by atoms with Gasteiger partial charge in [-0.05, 0) is 72.2 Å². The molecule has 4 aromatic carbocycles. The van der Waals surface area contributed by atoms with Crippen molar-refractivity contribution < 1.29 is 13.2 Å². The van der Waals surface area contributed by atoms with Gasteiger partial charge in [-0.2, -0.15) is 0 Å². The maximum absolute atomic E-state index is 13.9. The van der Waals surface area contributed by atoms with E-state index in [0.717, 1.165) is 35.6 Å². The summed E-state index contributed by atoms with van der Waals surface area (Å²) in [4.78, 5) is 0. The van der Waals surface area contributed by atoms with Crippen molar-refractivity contribution in [3.05, 3.63) is 119 Å². The fourth-order valence-corrected chi connectivity index (χ4v) is 3.55. The average Bonchev–Trinajstić information content (AvgIpc) is 2.82. The predicted molar refractivity (Wildman–Crippen MR) is 125 cm³/mol. The molecule has 0 nitrogen and oxygen atoms in total. The van der Waals surface area contributed by atoms with Crippen molar-refractivity contribution in [2.45, 2.75) is 19.8 Å². The molecule has 0 bridgehead atoms. The van der Waals surface area contributed by atoms with Crippen LogP contribution in [-0.4, -0.2) is 0 Å². The molecule has 158 valence electrons. The van der Waals surface area contributed by atoms with Gasteiger partial charge in [-0.15, -0.1) is 0 Å². The summed E-state index contributed by atoms with van der Waals surface area (Å²) in [6, 6.07) is 22.1. The maximum atomic E-state index is 13.9. The van der Waals surface area contributed by atoms with E-state index < -0.39 is 17.5 Å². The van der Waals surface area contributed by atoms with Gasteiger partial charge in [0.05, 0.1) is 0 Å². The fraction of sp³-hybridized carbons (Fsp3) is 0.103. The van der Waals surface area contributed by atoms with Gasteiger partial charge in [0.2, 0.25) is 0 Å². The molecule has 0 saturated carbocycles. The summed E-state index contributed by atoms with van der Waals surface area (Å²) in [5.74, 6) is 2.22.